The van der Waals surface area contributed by atoms with Crippen LogP contribution in [-0.2, 0) is 16.0 Å². The van der Waals surface area contributed by atoms with Crippen molar-refractivity contribution in [3.63, 3.8) is 0 Å². The molecule has 1 aliphatic rings. The molecule has 2 heterocycles. The summed E-state index contributed by atoms with van der Waals surface area (Å²) in [6, 6.07) is 4.02. The highest BCUT2D eigenvalue weighted by Crippen LogP contribution is 2.11. The van der Waals surface area contributed by atoms with Crippen LogP contribution < -0.4 is 5.32 Å². The molecule has 1 aliphatic heterocycles. The maximum Gasteiger partial charge on any atom is 0.225 e. The summed E-state index contributed by atoms with van der Waals surface area (Å²) in [7, 11) is 0. The van der Waals surface area contributed by atoms with Crippen molar-refractivity contribution in [2.75, 3.05) is 13.1 Å². The zero-order chi connectivity index (χ0) is 12.3. The molecule has 92 valence electrons. The average Bonchev–Trinajstić information content (AvgIpc) is 2.88. The van der Waals surface area contributed by atoms with E-state index in [4.69, 9.17) is 0 Å². The van der Waals surface area contributed by atoms with E-state index in [9.17, 15) is 9.59 Å². The van der Waals surface area contributed by atoms with Gasteiger partial charge in [-0.2, -0.15) is 0 Å². The molecule has 1 atom stereocenters. The lowest BCUT2D eigenvalue weighted by atomic mass is 10.2. The molecule has 1 aromatic heterocycles. The molecular formula is C12H16N2O2S. The monoisotopic (exact) mass is 252 g/mol. The molecule has 1 N–H and O–H groups in total. The highest BCUT2D eigenvalue weighted by Gasteiger charge is 2.25. The molecular weight excluding hydrogens is 236 g/mol. The summed E-state index contributed by atoms with van der Waals surface area (Å²) < 4.78 is 0. The highest BCUT2D eigenvalue weighted by atomic mass is 32.1. The Morgan fingerprint density at radius 2 is 2.41 bits per heavy atom. The van der Waals surface area contributed by atoms with Crippen LogP contribution in [0.5, 0.6) is 0 Å². The molecule has 17 heavy (non-hydrogen) atoms. The number of thiophene rings is 1. The summed E-state index contributed by atoms with van der Waals surface area (Å²) >= 11 is 1.59. The first-order valence-electron chi connectivity index (χ1n) is 5.72. The molecule has 1 unspecified atom stereocenters. The fourth-order valence-corrected chi connectivity index (χ4v) is 2.72. The first-order chi connectivity index (χ1) is 8.15. The van der Waals surface area contributed by atoms with Crippen molar-refractivity contribution >= 4 is 23.2 Å². The predicted octanol–water partition coefficient (Wildman–Crippen LogP) is 1.03. The normalized spacial score (nSPS) is 19.4. The van der Waals surface area contributed by atoms with Gasteiger partial charge in [0.1, 0.15) is 0 Å². The van der Waals surface area contributed by atoms with E-state index in [1.54, 1.807) is 23.2 Å². The predicted molar refractivity (Wildman–Crippen MR) is 66.8 cm³/mol. The second-order valence-electron chi connectivity index (χ2n) is 4.27. The molecule has 0 aromatic carbocycles. The van der Waals surface area contributed by atoms with Crippen LogP contribution in [0.2, 0.25) is 0 Å². The smallest absolute Gasteiger partial charge is 0.225 e. The van der Waals surface area contributed by atoms with Gasteiger partial charge in [-0.1, -0.05) is 6.07 Å². The van der Waals surface area contributed by atoms with Gasteiger partial charge in [-0.15, -0.1) is 11.3 Å². The first kappa shape index (κ1) is 12.1. The van der Waals surface area contributed by atoms with E-state index < -0.39 is 0 Å². The minimum absolute atomic E-state index is 0.0443. The lowest BCUT2D eigenvalue weighted by molar-refractivity contribution is -0.128. The van der Waals surface area contributed by atoms with Gasteiger partial charge in [0.25, 0.3) is 0 Å². The van der Waals surface area contributed by atoms with Crippen molar-refractivity contribution in [3.05, 3.63) is 22.4 Å². The molecule has 2 rings (SSSR count). The van der Waals surface area contributed by atoms with Crippen LogP contribution in [0, 0.1) is 0 Å². The zero-order valence-electron chi connectivity index (χ0n) is 9.81. The SMILES string of the molecule is CC(=O)N1CCC(NC(=O)Cc2cccs2)C1. The van der Waals surface area contributed by atoms with Crippen LogP contribution in [0.1, 0.15) is 18.2 Å². The first-order valence-corrected chi connectivity index (χ1v) is 6.60. The van der Waals surface area contributed by atoms with Crippen LogP contribution in [0.4, 0.5) is 0 Å². The Balaban J connectivity index is 1.78. The maximum absolute atomic E-state index is 11.7. The Bertz CT molecular complexity index is 403. The van der Waals surface area contributed by atoms with Gasteiger partial charge < -0.3 is 10.2 Å². The Morgan fingerprint density at radius 3 is 3.00 bits per heavy atom. The topological polar surface area (TPSA) is 49.4 Å². The second-order valence-corrected chi connectivity index (χ2v) is 5.31. The Morgan fingerprint density at radius 1 is 1.59 bits per heavy atom. The standard InChI is InChI=1S/C12H16N2O2S/c1-9(15)14-5-4-10(8-14)13-12(16)7-11-3-2-6-17-11/h2-3,6,10H,4-5,7-8H2,1H3,(H,13,16). The van der Waals surface area contributed by atoms with Gasteiger partial charge in [-0.05, 0) is 17.9 Å². The quantitative estimate of drug-likeness (QED) is 0.873. The van der Waals surface area contributed by atoms with Crippen molar-refractivity contribution in [2.24, 2.45) is 0 Å². The molecule has 0 aliphatic carbocycles. The molecule has 0 bridgehead atoms. The Labute approximate surface area is 105 Å². The van der Waals surface area contributed by atoms with E-state index >= 15 is 0 Å². The van der Waals surface area contributed by atoms with E-state index in [1.165, 1.54) is 0 Å². The lowest BCUT2D eigenvalue weighted by Crippen LogP contribution is -2.38. The van der Waals surface area contributed by atoms with E-state index in [0.717, 1.165) is 17.8 Å². The number of amides is 2. The van der Waals surface area contributed by atoms with Gasteiger partial charge in [0.2, 0.25) is 11.8 Å². The van der Waals surface area contributed by atoms with Gasteiger partial charge in [0.15, 0.2) is 0 Å². The molecule has 1 aromatic rings. The van der Waals surface area contributed by atoms with Crippen LogP contribution >= 0.6 is 11.3 Å². The third kappa shape index (κ3) is 3.30. The summed E-state index contributed by atoms with van der Waals surface area (Å²) in [6.07, 6.45) is 1.30. The highest BCUT2D eigenvalue weighted by molar-refractivity contribution is 7.10. The number of likely N-dealkylation sites (tertiary alicyclic amines) is 1. The molecule has 5 heteroatoms. The molecule has 0 saturated carbocycles. The van der Waals surface area contributed by atoms with Crippen LogP contribution in [0.25, 0.3) is 0 Å². The van der Waals surface area contributed by atoms with Crippen molar-refractivity contribution in [3.8, 4) is 0 Å². The molecule has 1 fully saturated rings. The van der Waals surface area contributed by atoms with Gasteiger partial charge in [-0.3, -0.25) is 9.59 Å². The van der Waals surface area contributed by atoms with E-state index in [1.807, 2.05) is 17.5 Å². The number of hydrogen-bond acceptors (Lipinski definition) is 3. The van der Waals surface area contributed by atoms with E-state index in [2.05, 4.69) is 5.32 Å². The van der Waals surface area contributed by atoms with E-state index in [-0.39, 0.29) is 17.9 Å². The molecule has 2 amide bonds. The molecule has 0 radical (unpaired) electrons. The Kier molecular flexibility index (Phi) is 3.78. The van der Waals surface area contributed by atoms with Crippen molar-refractivity contribution in [1.29, 1.82) is 0 Å². The number of rotatable bonds is 3. The summed E-state index contributed by atoms with van der Waals surface area (Å²) in [5, 5.41) is 4.94. The van der Waals surface area contributed by atoms with Gasteiger partial charge in [-0.25, -0.2) is 0 Å². The van der Waals surface area contributed by atoms with Crippen molar-refractivity contribution < 1.29 is 9.59 Å². The minimum atomic E-state index is 0.0443. The number of hydrogen-bond donors (Lipinski definition) is 1. The minimum Gasteiger partial charge on any atom is -0.351 e. The van der Waals surface area contributed by atoms with Crippen LogP contribution in [0.15, 0.2) is 17.5 Å². The number of nitrogens with zero attached hydrogens (tertiary/aromatic N) is 1. The number of nitrogens with one attached hydrogen (secondary N) is 1. The second kappa shape index (κ2) is 5.31. The number of carbonyl (C=O) groups is 2. The van der Waals surface area contributed by atoms with Crippen molar-refractivity contribution in [2.45, 2.75) is 25.8 Å². The largest absolute Gasteiger partial charge is 0.351 e. The van der Waals surface area contributed by atoms with E-state index in [0.29, 0.717) is 13.0 Å². The fourth-order valence-electron chi connectivity index (χ4n) is 2.01. The lowest BCUT2D eigenvalue weighted by Gasteiger charge is -2.14. The van der Waals surface area contributed by atoms with Gasteiger partial charge in [0, 0.05) is 30.9 Å². The summed E-state index contributed by atoms with van der Waals surface area (Å²) in [5.41, 5.74) is 0. The fraction of sp³-hybridized carbons (Fsp3) is 0.500. The van der Waals surface area contributed by atoms with Gasteiger partial charge in [0.05, 0.1) is 6.42 Å². The van der Waals surface area contributed by atoms with Gasteiger partial charge >= 0.3 is 0 Å². The molecule has 4 nitrogen and oxygen atoms in total. The average molecular weight is 252 g/mol. The Hall–Kier alpha value is -1.36. The third-order valence-electron chi connectivity index (χ3n) is 2.91. The molecule has 0 spiro atoms. The molecule has 1 saturated heterocycles. The summed E-state index contributed by atoms with van der Waals surface area (Å²) in [4.78, 5) is 25.7. The number of carbonyl (C=O) groups excluding carboxylic acids is 2. The van der Waals surface area contributed by atoms with Crippen LogP contribution in [0.3, 0.4) is 0 Å². The van der Waals surface area contributed by atoms with Crippen molar-refractivity contribution in [1.82, 2.24) is 10.2 Å². The zero-order valence-corrected chi connectivity index (χ0v) is 10.6. The summed E-state index contributed by atoms with van der Waals surface area (Å²) in [5.74, 6) is 0.128. The van der Waals surface area contributed by atoms with Crippen LogP contribution in [-0.4, -0.2) is 35.8 Å². The summed E-state index contributed by atoms with van der Waals surface area (Å²) in [6.45, 7) is 2.96. The third-order valence-corrected chi connectivity index (χ3v) is 3.79. The maximum atomic E-state index is 11.7.